The van der Waals surface area contributed by atoms with Gasteiger partial charge in [-0.25, -0.2) is 9.37 Å². The Labute approximate surface area is 183 Å². The normalized spacial score (nSPS) is 17.9. The molecule has 0 unspecified atom stereocenters. The van der Waals surface area contributed by atoms with E-state index in [-0.39, 0.29) is 35.7 Å². The van der Waals surface area contributed by atoms with Gasteiger partial charge in [0.05, 0.1) is 10.7 Å². The van der Waals surface area contributed by atoms with Gasteiger partial charge in [-0.3, -0.25) is 0 Å². The van der Waals surface area contributed by atoms with Gasteiger partial charge in [-0.15, -0.1) is 24.8 Å². The van der Waals surface area contributed by atoms with Crippen molar-refractivity contribution in [2.75, 3.05) is 32.7 Å². The topological polar surface area (TPSA) is 33.1 Å². The Morgan fingerprint density at radius 1 is 1.11 bits per heavy atom. The van der Waals surface area contributed by atoms with Crippen LogP contribution in [-0.2, 0) is 6.54 Å². The van der Waals surface area contributed by atoms with Crippen molar-refractivity contribution in [3.8, 4) is 11.3 Å². The number of hydrogen-bond acceptors (Lipinski definition) is 3. The number of imidazole rings is 1. The number of nitrogens with one attached hydrogen (secondary N) is 1. The molecule has 2 aromatic rings. The monoisotopic (exact) mass is 448 g/mol. The van der Waals surface area contributed by atoms with E-state index in [2.05, 4.69) is 21.0 Å². The maximum atomic E-state index is 13.5. The smallest absolute Gasteiger partial charge is 0.141 e. The molecule has 0 radical (unpaired) electrons. The van der Waals surface area contributed by atoms with E-state index in [0.717, 1.165) is 50.3 Å². The predicted octanol–water partition coefficient (Wildman–Crippen LogP) is 4.75. The number of piperidine rings is 1. The summed E-state index contributed by atoms with van der Waals surface area (Å²) < 4.78 is 15.8. The first-order valence-corrected chi connectivity index (χ1v) is 10.0. The van der Waals surface area contributed by atoms with Gasteiger partial charge in [-0.1, -0.05) is 11.6 Å². The predicted molar refractivity (Wildman–Crippen MR) is 118 cm³/mol. The molecule has 28 heavy (non-hydrogen) atoms. The molecule has 156 valence electrons. The molecule has 1 aromatic heterocycles. The lowest BCUT2D eigenvalue weighted by molar-refractivity contribution is 0.316. The van der Waals surface area contributed by atoms with Crippen LogP contribution < -0.4 is 5.32 Å². The van der Waals surface area contributed by atoms with Crippen LogP contribution in [0.1, 0.15) is 37.4 Å². The van der Waals surface area contributed by atoms with Gasteiger partial charge < -0.3 is 14.8 Å². The first kappa shape index (κ1) is 23.4. The minimum Gasteiger partial charge on any atom is -0.333 e. The third kappa shape index (κ3) is 5.39. The Bertz CT molecular complexity index is 756. The van der Waals surface area contributed by atoms with Gasteiger partial charge in [-0.05, 0) is 70.1 Å². The molecule has 4 nitrogen and oxygen atoms in total. The average molecular weight is 450 g/mol. The van der Waals surface area contributed by atoms with Gasteiger partial charge in [-0.2, -0.15) is 0 Å². The lowest BCUT2D eigenvalue weighted by atomic mass is 9.97. The van der Waals surface area contributed by atoms with Crippen molar-refractivity contribution in [2.24, 2.45) is 0 Å². The van der Waals surface area contributed by atoms with E-state index in [4.69, 9.17) is 16.6 Å². The fourth-order valence-electron chi connectivity index (χ4n) is 4.07. The molecule has 0 bridgehead atoms. The van der Waals surface area contributed by atoms with Crippen LogP contribution in [0.25, 0.3) is 11.3 Å². The lowest BCUT2D eigenvalue weighted by Gasteiger charge is -2.24. The van der Waals surface area contributed by atoms with Gasteiger partial charge >= 0.3 is 0 Å². The highest BCUT2D eigenvalue weighted by Crippen LogP contribution is 2.30. The quantitative estimate of drug-likeness (QED) is 0.715. The molecule has 0 amide bonds. The summed E-state index contributed by atoms with van der Waals surface area (Å²) in [6, 6.07) is 4.86. The minimum absolute atomic E-state index is 0. The maximum absolute atomic E-state index is 13.5. The van der Waals surface area contributed by atoms with Gasteiger partial charge in [0, 0.05) is 30.8 Å². The van der Waals surface area contributed by atoms with Crippen molar-refractivity contribution in [3.63, 3.8) is 0 Å². The molecule has 4 rings (SSSR count). The van der Waals surface area contributed by atoms with Crippen molar-refractivity contribution in [2.45, 2.75) is 38.1 Å². The van der Waals surface area contributed by atoms with E-state index in [1.807, 2.05) is 0 Å². The van der Waals surface area contributed by atoms with E-state index < -0.39 is 0 Å². The van der Waals surface area contributed by atoms with Crippen LogP contribution in [0, 0.1) is 5.82 Å². The second-order valence-corrected chi connectivity index (χ2v) is 7.79. The summed E-state index contributed by atoms with van der Waals surface area (Å²) in [5, 5.41) is 3.58. The zero-order chi connectivity index (χ0) is 17.9. The molecule has 2 aliphatic rings. The highest BCUT2D eigenvalue weighted by molar-refractivity contribution is 6.31. The highest BCUT2D eigenvalue weighted by atomic mass is 35.5. The van der Waals surface area contributed by atoms with Crippen molar-refractivity contribution in [1.82, 2.24) is 19.8 Å². The second kappa shape index (κ2) is 10.8. The molecular formula is C20H28Cl3FN4. The second-order valence-electron chi connectivity index (χ2n) is 7.38. The van der Waals surface area contributed by atoms with Crippen LogP contribution >= 0.6 is 36.4 Å². The molecule has 0 saturated carbocycles. The van der Waals surface area contributed by atoms with E-state index in [0.29, 0.717) is 5.92 Å². The first-order valence-electron chi connectivity index (χ1n) is 9.66. The lowest BCUT2D eigenvalue weighted by Crippen LogP contribution is -2.29. The Balaban J connectivity index is 0.00000140. The van der Waals surface area contributed by atoms with Crippen LogP contribution in [0.2, 0.25) is 5.02 Å². The van der Waals surface area contributed by atoms with E-state index >= 15 is 0 Å². The molecule has 2 aliphatic heterocycles. The summed E-state index contributed by atoms with van der Waals surface area (Å²) in [4.78, 5) is 7.48. The van der Waals surface area contributed by atoms with Crippen LogP contribution in [0.5, 0.6) is 0 Å². The van der Waals surface area contributed by atoms with Gasteiger partial charge in [0.15, 0.2) is 0 Å². The fourth-order valence-corrected chi connectivity index (χ4v) is 4.25. The molecule has 8 heteroatoms. The number of hydrogen-bond donors (Lipinski definition) is 1. The maximum Gasteiger partial charge on any atom is 0.141 e. The molecule has 1 N–H and O–H groups in total. The van der Waals surface area contributed by atoms with Crippen LogP contribution in [0.15, 0.2) is 24.4 Å². The number of rotatable bonds is 5. The average Bonchev–Trinajstić information content (AvgIpc) is 3.32. The summed E-state index contributed by atoms with van der Waals surface area (Å²) >= 11 is 5.98. The largest absolute Gasteiger partial charge is 0.333 e. The number of benzene rings is 1. The summed E-state index contributed by atoms with van der Waals surface area (Å²) in [6.45, 7) is 6.53. The molecule has 0 spiro atoms. The SMILES string of the molecule is Cl.Cl.Fc1ccc(-c2cn(CCN3CCCC3)c(C3CCNCC3)n2)cc1Cl. The summed E-state index contributed by atoms with van der Waals surface area (Å²) in [6.07, 6.45) is 6.97. The number of likely N-dealkylation sites (tertiary alicyclic amines) is 1. The van der Waals surface area contributed by atoms with E-state index in [1.54, 1.807) is 12.1 Å². The number of nitrogens with zero attached hydrogens (tertiary/aromatic N) is 3. The number of halogens is 4. The fraction of sp³-hybridized carbons (Fsp3) is 0.550. The highest BCUT2D eigenvalue weighted by Gasteiger charge is 2.22. The van der Waals surface area contributed by atoms with Gasteiger partial charge in [0.1, 0.15) is 11.6 Å². The van der Waals surface area contributed by atoms with Crippen LogP contribution in [0.4, 0.5) is 4.39 Å². The summed E-state index contributed by atoms with van der Waals surface area (Å²) in [5.74, 6) is 1.27. The van der Waals surface area contributed by atoms with Crippen LogP contribution in [0.3, 0.4) is 0 Å². The summed E-state index contributed by atoms with van der Waals surface area (Å²) in [7, 11) is 0. The minimum atomic E-state index is -0.387. The molecular weight excluding hydrogens is 422 g/mol. The van der Waals surface area contributed by atoms with Crippen LogP contribution in [-0.4, -0.2) is 47.2 Å². The van der Waals surface area contributed by atoms with E-state index in [1.165, 1.54) is 37.8 Å². The number of aromatic nitrogens is 2. The van der Waals surface area contributed by atoms with Gasteiger partial charge in [0.2, 0.25) is 0 Å². The molecule has 0 atom stereocenters. The summed E-state index contributed by atoms with van der Waals surface area (Å²) in [5.41, 5.74) is 1.77. The Morgan fingerprint density at radius 3 is 2.50 bits per heavy atom. The Kier molecular flexibility index (Phi) is 9.03. The third-order valence-electron chi connectivity index (χ3n) is 5.58. The molecule has 3 heterocycles. The third-order valence-corrected chi connectivity index (χ3v) is 5.87. The first-order chi connectivity index (χ1) is 12.7. The van der Waals surface area contributed by atoms with Gasteiger partial charge in [0.25, 0.3) is 0 Å². The standard InChI is InChI=1S/C20H26ClFN4.2ClH/c21-17-13-16(3-4-18(17)22)19-14-26(12-11-25-9-1-2-10-25)20(24-19)15-5-7-23-8-6-15;;/h3-4,13-15,23H,1-2,5-12H2;2*1H. The van der Waals surface area contributed by atoms with E-state index in [9.17, 15) is 4.39 Å². The van der Waals surface area contributed by atoms with Crippen molar-refractivity contribution < 1.29 is 4.39 Å². The Morgan fingerprint density at radius 2 is 1.82 bits per heavy atom. The Hall–Kier alpha value is -0.850. The zero-order valence-electron chi connectivity index (χ0n) is 15.9. The molecule has 2 fully saturated rings. The molecule has 1 aromatic carbocycles. The van der Waals surface area contributed by atoms with Crippen molar-refractivity contribution in [1.29, 1.82) is 0 Å². The molecule has 2 saturated heterocycles. The molecule has 0 aliphatic carbocycles. The van der Waals surface area contributed by atoms with Crippen molar-refractivity contribution in [3.05, 3.63) is 41.1 Å². The zero-order valence-corrected chi connectivity index (χ0v) is 18.3. The van der Waals surface area contributed by atoms with Crippen molar-refractivity contribution >= 4 is 36.4 Å².